The van der Waals surface area contributed by atoms with Crippen molar-refractivity contribution in [1.82, 2.24) is 10.2 Å². The summed E-state index contributed by atoms with van der Waals surface area (Å²) in [7, 11) is 2.26. The van der Waals surface area contributed by atoms with Crippen molar-refractivity contribution in [1.29, 1.82) is 0 Å². The zero-order chi connectivity index (χ0) is 14.5. The molecule has 1 aromatic carbocycles. The van der Waals surface area contributed by atoms with Crippen molar-refractivity contribution in [2.45, 2.75) is 37.0 Å². The molecule has 0 bridgehead atoms. The SMILES string of the molecule is CN(CCNC1=NCC(c2ccccc2)S1)C1CCCC1. The van der Waals surface area contributed by atoms with Gasteiger partial charge in [-0.3, -0.25) is 4.99 Å². The number of benzene rings is 1. The maximum atomic E-state index is 4.64. The highest BCUT2D eigenvalue weighted by Crippen LogP contribution is 2.34. The first-order chi connectivity index (χ1) is 10.3. The van der Waals surface area contributed by atoms with E-state index < -0.39 is 0 Å². The van der Waals surface area contributed by atoms with Crippen LogP contribution in [-0.4, -0.2) is 42.8 Å². The average molecular weight is 303 g/mol. The minimum Gasteiger partial charge on any atom is -0.364 e. The van der Waals surface area contributed by atoms with Gasteiger partial charge in [-0.05, 0) is 25.5 Å². The van der Waals surface area contributed by atoms with Gasteiger partial charge in [-0.2, -0.15) is 0 Å². The van der Waals surface area contributed by atoms with E-state index in [9.17, 15) is 0 Å². The van der Waals surface area contributed by atoms with E-state index in [0.29, 0.717) is 5.25 Å². The first kappa shape index (κ1) is 14.9. The van der Waals surface area contributed by atoms with E-state index in [1.54, 1.807) is 0 Å². The van der Waals surface area contributed by atoms with Crippen LogP contribution in [0.3, 0.4) is 0 Å². The van der Waals surface area contributed by atoms with Crippen LogP contribution in [0.5, 0.6) is 0 Å². The third-order valence-electron chi connectivity index (χ3n) is 4.51. The van der Waals surface area contributed by atoms with Crippen molar-refractivity contribution < 1.29 is 0 Å². The van der Waals surface area contributed by atoms with E-state index in [-0.39, 0.29) is 0 Å². The predicted molar refractivity (Wildman–Crippen MR) is 92.0 cm³/mol. The predicted octanol–water partition coefficient (Wildman–Crippen LogP) is 3.29. The molecule has 1 N–H and O–H groups in total. The first-order valence-electron chi connectivity index (χ1n) is 8.03. The van der Waals surface area contributed by atoms with Gasteiger partial charge in [0.15, 0.2) is 5.17 Å². The van der Waals surface area contributed by atoms with Crippen LogP contribution in [0.1, 0.15) is 36.5 Å². The summed E-state index contributed by atoms with van der Waals surface area (Å²) in [4.78, 5) is 7.15. The van der Waals surface area contributed by atoms with Crippen molar-refractivity contribution >= 4 is 16.9 Å². The monoisotopic (exact) mass is 303 g/mol. The zero-order valence-corrected chi connectivity index (χ0v) is 13.6. The molecule has 0 aromatic heterocycles. The lowest BCUT2D eigenvalue weighted by Gasteiger charge is -2.24. The lowest BCUT2D eigenvalue weighted by molar-refractivity contribution is 0.249. The Kier molecular flexibility index (Phi) is 5.20. The molecule has 1 aromatic rings. The van der Waals surface area contributed by atoms with Gasteiger partial charge < -0.3 is 10.2 Å². The molecule has 0 saturated heterocycles. The van der Waals surface area contributed by atoms with Gasteiger partial charge in [-0.1, -0.05) is 54.9 Å². The molecule has 0 amide bonds. The number of thioether (sulfide) groups is 1. The van der Waals surface area contributed by atoms with E-state index in [1.165, 1.54) is 31.2 Å². The molecular weight excluding hydrogens is 278 g/mol. The summed E-state index contributed by atoms with van der Waals surface area (Å²) in [6.45, 7) is 3.01. The Hall–Kier alpha value is -1.00. The Morgan fingerprint density at radius 2 is 2.00 bits per heavy atom. The molecule has 1 fully saturated rings. The van der Waals surface area contributed by atoms with Crippen LogP contribution in [0.2, 0.25) is 0 Å². The van der Waals surface area contributed by atoms with Crippen molar-refractivity contribution in [3.63, 3.8) is 0 Å². The Balaban J connectivity index is 1.39. The number of amidine groups is 1. The van der Waals surface area contributed by atoms with E-state index in [0.717, 1.165) is 30.8 Å². The fraction of sp³-hybridized carbons (Fsp3) is 0.588. The fourth-order valence-corrected chi connectivity index (χ4v) is 4.23. The number of nitrogens with one attached hydrogen (secondary N) is 1. The molecule has 114 valence electrons. The lowest BCUT2D eigenvalue weighted by Crippen LogP contribution is -2.36. The highest BCUT2D eigenvalue weighted by atomic mass is 32.2. The summed E-state index contributed by atoms with van der Waals surface area (Å²) in [5, 5.41) is 5.11. The standard InChI is InChI=1S/C17H25N3S/c1-20(15-9-5-6-10-15)12-11-18-17-19-13-16(21-17)14-7-3-2-4-8-14/h2-4,7-8,15-16H,5-6,9-13H2,1H3,(H,18,19). The molecule has 0 radical (unpaired) electrons. The summed E-state index contributed by atoms with van der Waals surface area (Å²) in [6.07, 6.45) is 5.57. The van der Waals surface area contributed by atoms with Gasteiger partial charge in [-0.25, -0.2) is 0 Å². The number of hydrogen-bond donors (Lipinski definition) is 1. The van der Waals surface area contributed by atoms with Crippen LogP contribution in [0.4, 0.5) is 0 Å². The third kappa shape index (κ3) is 4.01. The van der Waals surface area contributed by atoms with Crippen LogP contribution in [0.15, 0.2) is 35.3 Å². The topological polar surface area (TPSA) is 27.6 Å². The number of likely N-dealkylation sites (N-methyl/N-ethyl adjacent to an activating group) is 1. The summed E-state index contributed by atoms with van der Waals surface area (Å²) < 4.78 is 0. The fourth-order valence-electron chi connectivity index (χ4n) is 3.18. The molecule has 1 heterocycles. The second-order valence-electron chi connectivity index (χ2n) is 6.01. The van der Waals surface area contributed by atoms with Gasteiger partial charge in [0.2, 0.25) is 0 Å². The minimum absolute atomic E-state index is 0.487. The molecule has 1 aliphatic carbocycles. The van der Waals surface area contributed by atoms with Crippen LogP contribution in [0, 0.1) is 0 Å². The Labute approximate surface area is 132 Å². The molecular formula is C17H25N3S. The minimum atomic E-state index is 0.487. The number of rotatable bonds is 5. The van der Waals surface area contributed by atoms with E-state index in [2.05, 4.69) is 52.6 Å². The Morgan fingerprint density at radius 1 is 1.24 bits per heavy atom. The molecule has 1 aliphatic heterocycles. The maximum absolute atomic E-state index is 4.64. The van der Waals surface area contributed by atoms with E-state index in [1.807, 2.05) is 11.8 Å². The van der Waals surface area contributed by atoms with Gasteiger partial charge in [0.25, 0.3) is 0 Å². The molecule has 1 atom stereocenters. The Morgan fingerprint density at radius 3 is 2.76 bits per heavy atom. The second-order valence-corrected chi connectivity index (χ2v) is 7.20. The molecule has 21 heavy (non-hydrogen) atoms. The molecule has 3 rings (SSSR count). The quantitative estimate of drug-likeness (QED) is 0.904. The number of hydrogen-bond acceptors (Lipinski definition) is 4. The molecule has 4 heteroatoms. The van der Waals surface area contributed by atoms with Crippen LogP contribution < -0.4 is 5.32 Å². The zero-order valence-electron chi connectivity index (χ0n) is 12.8. The van der Waals surface area contributed by atoms with E-state index in [4.69, 9.17) is 0 Å². The van der Waals surface area contributed by atoms with Crippen molar-refractivity contribution in [2.24, 2.45) is 4.99 Å². The van der Waals surface area contributed by atoms with Gasteiger partial charge in [0, 0.05) is 19.1 Å². The van der Waals surface area contributed by atoms with Crippen molar-refractivity contribution in [3.05, 3.63) is 35.9 Å². The molecule has 1 saturated carbocycles. The molecule has 0 spiro atoms. The summed E-state index contributed by atoms with van der Waals surface area (Å²) in [5.41, 5.74) is 1.38. The van der Waals surface area contributed by atoms with E-state index >= 15 is 0 Å². The largest absolute Gasteiger partial charge is 0.364 e. The molecule has 2 aliphatic rings. The van der Waals surface area contributed by atoms with Gasteiger partial charge >= 0.3 is 0 Å². The summed E-state index contributed by atoms with van der Waals surface area (Å²) in [6, 6.07) is 11.5. The smallest absolute Gasteiger partial charge is 0.157 e. The van der Waals surface area contributed by atoms with Gasteiger partial charge in [-0.15, -0.1) is 0 Å². The summed E-state index contributed by atoms with van der Waals surface area (Å²) >= 11 is 1.87. The Bertz CT molecular complexity index is 468. The van der Waals surface area contributed by atoms with Crippen LogP contribution in [-0.2, 0) is 0 Å². The van der Waals surface area contributed by atoms with Gasteiger partial charge in [0.1, 0.15) is 0 Å². The third-order valence-corrected chi connectivity index (χ3v) is 5.72. The van der Waals surface area contributed by atoms with Crippen LogP contribution >= 0.6 is 11.8 Å². The average Bonchev–Trinajstić information content (AvgIpc) is 3.20. The lowest BCUT2D eigenvalue weighted by atomic mass is 10.1. The van der Waals surface area contributed by atoms with Crippen molar-refractivity contribution in [3.8, 4) is 0 Å². The highest BCUT2D eigenvalue weighted by Gasteiger charge is 2.22. The maximum Gasteiger partial charge on any atom is 0.157 e. The molecule has 1 unspecified atom stereocenters. The summed E-state index contributed by atoms with van der Waals surface area (Å²) in [5.74, 6) is 0. The number of nitrogens with zero attached hydrogens (tertiary/aromatic N) is 2. The van der Waals surface area contributed by atoms with Crippen LogP contribution in [0.25, 0.3) is 0 Å². The van der Waals surface area contributed by atoms with Gasteiger partial charge in [0.05, 0.1) is 11.8 Å². The highest BCUT2D eigenvalue weighted by molar-refractivity contribution is 8.14. The normalized spacial score (nSPS) is 22.8. The number of aliphatic imine (C=N–C) groups is 1. The van der Waals surface area contributed by atoms with Crippen molar-refractivity contribution in [2.75, 3.05) is 26.7 Å². The molecule has 3 nitrogen and oxygen atoms in total. The second kappa shape index (κ2) is 7.32. The first-order valence-corrected chi connectivity index (χ1v) is 8.91.